The second kappa shape index (κ2) is 5.59. The highest BCUT2D eigenvalue weighted by Gasteiger charge is 2.19. The van der Waals surface area contributed by atoms with Crippen LogP contribution in [-0.2, 0) is 0 Å². The van der Waals surface area contributed by atoms with Crippen molar-refractivity contribution in [3.8, 4) is 11.5 Å². The summed E-state index contributed by atoms with van der Waals surface area (Å²) in [7, 11) is 0. The Balaban J connectivity index is 1.86. The van der Waals surface area contributed by atoms with Crippen LogP contribution in [0.25, 0.3) is 0 Å². The number of hydrogen-bond acceptors (Lipinski definition) is 2. The van der Waals surface area contributed by atoms with E-state index in [9.17, 15) is 0 Å². The van der Waals surface area contributed by atoms with Gasteiger partial charge in [0.05, 0.1) is 0 Å². The molecule has 1 atom stereocenters. The fraction of sp³-hybridized carbons (Fsp3) is 0.429. The first-order valence-corrected chi connectivity index (χ1v) is 5.93. The molecule has 1 aromatic carbocycles. The lowest BCUT2D eigenvalue weighted by Gasteiger charge is -2.26. The first-order chi connectivity index (χ1) is 7.90. The average Bonchev–Trinajstić information content (AvgIpc) is 2.34. The van der Waals surface area contributed by atoms with Gasteiger partial charge in [0.2, 0.25) is 0 Å². The van der Waals surface area contributed by atoms with Crippen molar-refractivity contribution in [3.05, 3.63) is 36.4 Å². The highest BCUT2D eigenvalue weighted by molar-refractivity contribution is 5.40. The van der Waals surface area contributed by atoms with Gasteiger partial charge < -0.3 is 9.47 Å². The summed E-state index contributed by atoms with van der Waals surface area (Å²) in [5.41, 5.74) is 0. The largest absolute Gasteiger partial charge is 0.486 e. The number of fused-ring (bicyclic) bond motifs is 1. The minimum absolute atomic E-state index is 0.191. The standard InChI is InChI=1S/C14H18O2/c1-2-3-4-5-8-12-11-15-13-9-6-7-10-14(13)16-12/h3-4,6-7,9-10,12H,2,5,8,11H2,1H3. The van der Waals surface area contributed by atoms with E-state index in [1.807, 2.05) is 24.3 Å². The number of benzene rings is 1. The Kier molecular flexibility index (Phi) is 3.86. The van der Waals surface area contributed by atoms with Crippen molar-refractivity contribution in [3.63, 3.8) is 0 Å². The van der Waals surface area contributed by atoms with Crippen molar-refractivity contribution in [1.29, 1.82) is 0 Å². The van der Waals surface area contributed by atoms with Crippen molar-refractivity contribution in [2.24, 2.45) is 0 Å². The lowest BCUT2D eigenvalue weighted by molar-refractivity contribution is 0.0856. The Morgan fingerprint density at radius 1 is 1.25 bits per heavy atom. The molecule has 0 bridgehead atoms. The third-order valence-corrected chi connectivity index (χ3v) is 2.63. The molecule has 0 saturated carbocycles. The van der Waals surface area contributed by atoms with E-state index in [2.05, 4.69) is 19.1 Å². The van der Waals surface area contributed by atoms with Crippen molar-refractivity contribution in [2.45, 2.75) is 32.3 Å². The monoisotopic (exact) mass is 218 g/mol. The van der Waals surface area contributed by atoms with Crippen LogP contribution in [0.5, 0.6) is 11.5 Å². The first-order valence-electron chi connectivity index (χ1n) is 5.93. The van der Waals surface area contributed by atoms with Gasteiger partial charge in [-0.2, -0.15) is 0 Å². The third kappa shape index (κ3) is 2.78. The Labute approximate surface area is 96.9 Å². The third-order valence-electron chi connectivity index (χ3n) is 2.63. The zero-order chi connectivity index (χ0) is 11.2. The van der Waals surface area contributed by atoms with Crippen molar-refractivity contribution < 1.29 is 9.47 Å². The molecule has 1 aromatic rings. The predicted molar refractivity (Wildman–Crippen MR) is 65.0 cm³/mol. The highest BCUT2D eigenvalue weighted by atomic mass is 16.6. The zero-order valence-corrected chi connectivity index (χ0v) is 9.69. The maximum atomic E-state index is 5.85. The molecule has 0 spiro atoms. The Morgan fingerprint density at radius 2 is 2.06 bits per heavy atom. The molecule has 16 heavy (non-hydrogen) atoms. The minimum Gasteiger partial charge on any atom is -0.486 e. The molecule has 86 valence electrons. The highest BCUT2D eigenvalue weighted by Crippen LogP contribution is 2.31. The van der Waals surface area contributed by atoms with E-state index in [0.717, 1.165) is 30.8 Å². The van der Waals surface area contributed by atoms with E-state index in [1.54, 1.807) is 0 Å². The molecule has 0 N–H and O–H groups in total. The molecule has 0 amide bonds. The maximum absolute atomic E-state index is 5.85. The average molecular weight is 218 g/mol. The van der Waals surface area contributed by atoms with Crippen LogP contribution in [0.4, 0.5) is 0 Å². The second-order valence-electron chi connectivity index (χ2n) is 3.95. The Hall–Kier alpha value is -1.44. The molecule has 1 aliphatic heterocycles. The van der Waals surface area contributed by atoms with Crippen LogP contribution in [0.3, 0.4) is 0 Å². The summed E-state index contributed by atoms with van der Waals surface area (Å²) >= 11 is 0. The van der Waals surface area contributed by atoms with Crippen molar-refractivity contribution in [1.82, 2.24) is 0 Å². The van der Waals surface area contributed by atoms with Crippen LogP contribution < -0.4 is 9.47 Å². The number of hydrogen-bond donors (Lipinski definition) is 0. The first kappa shape index (κ1) is 11.1. The quantitative estimate of drug-likeness (QED) is 0.719. The zero-order valence-electron chi connectivity index (χ0n) is 9.69. The number of para-hydroxylation sites is 2. The fourth-order valence-corrected chi connectivity index (χ4v) is 1.77. The fourth-order valence-electron chi connectivity index (χ4n) is 1.77. The van der Waals surface area contributed by atoms with Gasteiger partial charge in [0.15, 0.2) is 11.5 Å². The van der Waals surface area contributed by atoms with Gasteiger partial charge in [-0.15, -0.1) is 0 Å². The van der Waals surface area contributed by atoms with Gasteiger partial charge in [0.1, 0.15) is 12.7 Å². The molecule has 2 rings (SSSR count). The lowest BCUT2D eigenvalue weighted by Crippen LogP contribution is -2.28. The van der Waals surface area contributed by atoms with Gasteiger partial charge in [0.25, 0.3) is 0 Å². The van der Waals surface area contributed by atoms with Crippen LogP contribution in [0.2, 0.25) is 0 Å². The molecule has 2 heteroatoms. The van der Waals surface area contributed by atoms with Crippen LogP contribution in [0.1, 0.15) is 26.2 Å². The Morgan fingerprint density at radius 3 is 2.88 bits per heavy atom. The van der Waals surface area contributed by atoms with Crippen molar-refractivity contribution >= 4 is 0 Å². The molecule has 1 unspecified atom stereocenters. The van der Waals surface area contributed by atoms with Gasteiger partial charge in [-0.05, 0) is 31.4 Å². The molecule has 1 aliphatic rings. The molecule has 1 heterocycles. The number of rotatable bonds is 4. The molecule has 0 radical (unpaired) electrons. The number of allylic oxidation sites excluding steroid dienone is 2. The smallest absolute Gasteiger partial charge is 0.161 e. The molecule has 2 nitrogen and oxygen atoms in total. The van der Waals surface area contributed by atoms with Gasteiger partial charge in [-0.3, -0.25) is 0 Å². The SMILES string of the molecule is CCC=CCCC1COc2ccccc2O1. The van der Waals surface area contributed by atoms with E-state index in [0.29, 0.717) is 6.61 Å². The van der Waals surface area contributed by atoms with E-state index in [4.69, 9.17) is 9.47 Å². The molecule has 0 fully saturated rings. The van der Waals surface area contributed by atoms with E-state index in [1.165, 1.54) is 0 Å². The van der Waals surface area contributed by atoms with E-state index >= 15 is 0 Å². The normalized spacial score (nSPS) is 18.9. The summed E-state index contributed by atoms with van der Waals surface area (Å²) < 4.78 is 11.5. The minimum atomic E-state index is 0.191. The van der Waals surface area contributed by atoms with Gasteiger partial charge in [-0.25, -0.2) is 0 Å². The molecule has 0 aliphatic carbocycles. The van der Waals surface area contributed by atoms with Crippen LogP contribution in [-0.4, -0.2) is 12.7 Å². The molecular weight excluding hydrogens is 200 g/mol. The van der Waals surface area contributed by atoms with E-state index in [-0.39, 0.29) is 6.10 Å². The molecule has 0 saturated heterocycles. The van der Waals surface area contributed by atoms with Crippen LogP contribution >= 0.6 is 0 Å². The maximum Gasteiger partial charge on any atom is 0.161 e. The van der Waals surface area contributed by atoms with Crippen molar-refractivity contribution in [2.75, 3.05) is 6.61 Å². The van der Waals surface area contributed by atoms with Gasteiger partial charge in [-0.1, -0.05) is 31.2 Å². The summed E-state index contributed by atoms with van der Waals surface area (Å²) in [6, 6.07) is 7.85. The van der Waals surface area contributed by atoms with Gasteiger partial charge in [0, 0.05) is 0 Å². The summed E-state index contributed by atoms with van der Waals surface area (Å²) in [6.45, 7) is 2.81. The number of ether oxygens (including phenoxy) is 2. The topological polar surface area (TPSA) is 18.5 Å². The second-order valence-corrected chi connectivity index (χ2v) is 3.95. The summed E-state index contributed by atoms with van der Waals surface area (Å²) in [4.78, 5) is 0. The van der Waals surface area contributed by atoms with E-state index < -0.39 is 0 Å². The van der Waals surface area contributed by atoms with Gasteiger partial charge >= 0.3 is 0 Å². The Bertz CT molecular complexity index is 358. The summed E-state index contributed by atoms with van der Waals surface area (Å²) in [5.74, 6) is 1.74. The predicted octanol–water partition coefficient (Wildman–Crippen LogP) is 3.57. The van der Waals surface area contributed by atoms with Crippen LogP contribution in [0.15, 0.2) is 36.4 Å². The molecular formula is C14H18O2. The lowest BCUT2D eigenvalue weighted by atomic mass is 10.1. The summed E-state index contributed by atoms with van der Waals surface area (Å²) in [6.07, 6.45) is 7.78. The van der Waals surface area contributed by atoms with Crippen LogP contribution in [0, 0.1) is 0 Å². The molecule has 0 aromatic heterocycles. The summed E-state index contributed by atoms with van der Waals surface area (Å²) in [5, 5.41) is 0.